The molecule has 1 amide bonds. The van der Waals surface area contributed by atoms with Crippen LogP contribution in [0.25, 0.3) is 0 Å². The van der Waals surface area contributed by atoms with Crippen LogP contribution in [0, 0.1) is 5.92 Å². The maximum absolute atomic E-state index is 11.5. The average molecular weight is 205 g/mol. The molecule has 0 aliphatic carbocycles. The highest BCUT2D eigenvalue weighted by molar-refractivity contribution is 5.95. The van der Waals surface area contributed by atoms with Crippen molar-refractivity contribution in [2.45, 2.75) is 27.2 Å². The van der Waals surface area contributed by atoms with Gasteiger partial charge in [0.1, 0.15) is 0 Å². The lowest BCUT2D eigenvalue weighted by atomic mass is 10.2. The van der Waals surface area contributed by atoms with Gasteiger partial charge in [0, 0.05) is 18.7 Å². The van der Waals surface area contributed by atoms with E-state index >= 15 is 0 Å². The van der Waals surface area contributed by atoms with Crippen molar-refractivity contribution >= 4 is 11.6 Å². The standard InChI is InChI=1S/C11H13NO.C2H6/c1-9-7-11(13)12(8-9)10-5-3-2-4-6-10;1-2/h2-6,9H,7-8H2,1H3;1-2H3. The van der Waals surface area contributed by atoms with Crippen LogP contribution in [0.15, 0.2) is 30.3 Å². The number of nitrogens with zero attached hydrogens (tertiary/aromatic N) is 1. The number of rotatable bonds is 1. The molecule has 1 unspecified atom stereocenters. The van der Waals surface area contributed by atoms with E-state index in [1.165, 1.54) is 0 Å². The topological polar surface area (TPSA) is 20.3 Å². The summed E-state index contributed by atoms with van der Waals surface area (Å²) in [6, 6.07) is 9.86. The fraction of sp³-hybridized carbons (Fsp3) is 0.462. The summed E-state index contributed by atoms with van der Waals surface area (Å²) in [5.74, 6) is 0.742. The molecule has 1 atom stereocenters. The summed E-state index contributed by atoms with van der Waals surface area (Å²) in [4.78, 5) is 13.4. The van der Waals surface area contributed by atoms with E-state index < -0.39 is 0 Å². The second-order valence-electron chi connectivity index (χ2n) is 3.65. The van der Waals surface area contributed by atoms with Gasteiger partial charge in [0.05, 0.1) is 0 Å². The molecular formula is C13H19NO. The van der Waals surface area contributed by atoms with E-state index in [2.05, 4.69) is 6.92 Å². The van der Waals surface area contributed by atoms with E-state index in [-0.39, 0.29) is 5.91 Å². The van der Waals surface area contributed by atoms with E-state index in [1.807, 2.05) is 49.1 Å². The van der Waals surface area contributed by atoms with Crippen LogP contribution in [-0.2, 0) is 4.79 Å². The van der Waals surface area contributed by atoms with E-state index in [4.69, 9.17) is 0 Å². The van der Waals surface area contributed by atoms with Gasteiger partial charge < -0.3 is 4.90 Å². The van der Waals surface area contributed by atoms with Crippen LogP contribution in [-0.4, -0.2) is 12.5 Å². The summed E-state index contributed by atoms with van der Waals surface area (Å²) < 4.78 is 0. The van der Waals surface area contributed by atoms with Gasteiger partial charge in [0.25, 0.3) is 0 Å². The van der Waals surface area contributed by atoms with Gasteiger partial charge in [-0.2, -0.15) is 0 Å². The zero-order valence-electron chi connectivity index (χ0n) is 9.73. The SMILES string of the molecule is CC.CC1CC(=O)N(c2ccccc2)C1. The van der Waals surface area contributed by atoms with Gasteiger partial charge in [0.2, 0.25) is 5.91 Å². The van der Waals surface area contributed by atoms with Crippen molar-refractivity contribution in [2.24, 2.45) is 5.92 Å². The number of hydrogen-bond acceptors (Lipinski definition) is 1. The molecule has 0 aromatic heterocycles. The normalized spacial score (nSPS) is 19.8. The molecule has 0 saturated carbocycles. The lowest BCUT2D eigenvalue weighted by Gasteiger charge is -2.15. The van der Waals surface area contributed by atoms with E-state index in [0.29, 0.717) is 12.3 Å². The quantitative estimate of drug-likeness (QED) is 0.690. The van der Waals surface area contributed by atoms with Crippen LogP contribution in [0.4, 0.5) is 5.69 Å². The number of anilines is 1. The van der Waals surface area contributed by atoms with Gasteiger partial charge in [-0.1, -0.05) is 39.0 Å². The molecule has 1 aliphatic rings. The summed E-state index contributed by atoms with van der Waals surface area (Å²) in [7, 11) is 0. The van der Waals surface area contributed by atoms with E-state index in [1.54, 1.807) is 0 Å². The van der Waals surface area contributed by atoms with Gasteiger partial charge >= 0.3 is 0 Å². The third kappa shape index (κ3) is 2.82. The summed E-state index contributed by atoms with van der Waals surface area (Å²) in [6.07, 6.45) is 0.689. The van der Waals surface area contributed by atoms with Gasteiger partial charge in [-0.15, -0.1) is 0 Å². The Bertz CT molecular complexity index is 308. The summed E-state index contributed by atoms with van der Waals surface area (Å²) in [5.41, 5.74) is 1.02. The molecule has 2 rings (SSSR count). The van der Waals surface area contributed by atoms with Gasteiger partial charge in [-0.25, -0.2) is 0 Å². The van der Waals surface area contributed by atoms with Gasteiger partial charge in [-0.05, 0) is 18.1 Å². The first-order valence-corrected chi connectivity index (χ1v) is 5.63. The second kappa shape index (κ2) is 5.54. The molecule has 1 saturated heterocycles. The first kappa shape index (κ1) is 11.8. The fourth-order valence-corrected chi connectivity index (χ4v) is 1.74. The van der Waals surface area contributed by atoms with Crippen LogP contribution in [0.2, 0.25) is 0 Å². The highest BCUT2D eigenvalue weighted by Gasteiger charge is 2.26. The molecule has 82 valence electrons. The monoisotopic (exact) mass is 205 g/mol. The molecule has 0 radical (unpaired) electrons. The molecule has 15 heavy (non-hydrogen) atoms. The molecule has 2 nitrogen and oxygen atoms in total. The van der Waals surface area contributed by atoms with E-state index in [0.717, 1.165) is 12.2 Å². The van der Waals surface area contributed by atoms with Crippen LogP contribution in [0.5, 0.6) is 0 Å². The Morgan fingerprint density at radius 1 is 1.20 bits per heavy atom. The van der Waals surface area contributed by atoms with Crippen molar-refractivity contribution in [1.82, 2.24) is 0 Å². The highest BCUT2D eigenvalue weighted by Crippen LogP contribution is 2.23. The molecule has 1 aromatic rings. The molecule has 1 aliphatic heterocycles. The first-order valence-electron chi connectivity index (χ1n) is 5.63. The average Bonchev–Trinajstić information content (AvgIpc) is 2.62. The maximum Gasteiger partial charge on any atom is 0.227 e. The zero-order chi connectivity index (χ0) is 11.3. The minimum atomic E-state index is 0.249. The minimum absolute atomic E-state index is 0.249. The number of benzene rings is 1. The van der Waals surface area contributed by atoms with Gasteiger partial charge in [-0.3, -0.25) is 4.79 Å². The largest absolute Gasteiger partial charge is 0.312 e. The predicted molar refractivity (Wildman–Crippen MR) is 63.9 cm³/mol. The van der Waals surface area contributed by atoms with E-state index in [9.17, 15) is 4.79 Å². The molecule has 1 heterocycles. The van der Waals surface area contributed by atoms with Crippen molar-refractivity contribution in [2.75, 3.05) is 11.4 Å². The van der Waals surface area contributed by atoms with Crippen molar-refractivity contribution < 1.29 is 4.79 Å². The second-order valence-corrected chi connectivity index (χ2v) is 3.65. The Hall–Kier alpha value is -1.31. The molecule has 0 spiro atoms. The van der Waals surface area contributed by atoms with Crippen LogP contribution >= 0.6 is 0 Å². The number of carbonyl (C=O) groups excluding carboxylic acids is 1. The van der Waals surface area contributed by atoms with Crippen molar-refractivity contribution in [3.63, 3.8) is 0 Å². The Labute approximate surface area is 91.9 Å². The number of amides is 1. The smallest absolute Gasteiger partial charge is 0.227 e. The molecule has 1 fully saturated rings. The number of para-hydroxylation sites is 1. The highest BCUT2D eigenvalue weighted by atomic mass is 16.2. The Balaban J connectivity index is 0.000000531. The summed E-state index contributed by atoms with van der Waals surface area (Å²) in [5, 5.41) is 0. The molecular weight excluding hydrogens is 186 g/mol. The minimum Gasteiger partial charge on any atom is -0.312 e. The number of carbonyl (C=O) groups is 1. The molecule has 2 heteroatoms. The lowest BCUT2D eigenvalue weighted by Crippen LogP contribution is -2.23. The molecule has 1 aromatic carbocycles. The third-order valence-electron chi connectivity index (χ3n) is 2.39. The van der Waals surface area contributed by atoms with Crippen LogP contribution in [0.1, 0.15) is 27.2 Å². The van der Waals surface area contributed by atoms with Crippen molar-refractivity contribution in [3.8, 4) is 0 Å². The zero-order valence-corrected chi connectivity index (χ0v) is 9.73. The van der Waals surface area contributed by atoms with Crippen molar-refractivity contribution in [1.29, 1.82) is 0 Å². The molecule has 0 N–H and O–H groups in total. The first-order chi connectivity index (χ1) is 7.27. The summed E-state index contributed by atoms with van der Waals surface area (Å²) >= 11 is 0. The number of hydrogen-bond donors (Lipinski definition) is 0. The third-order valence-corrected chi connectivity index (χ3v) is 2.39. The van der Waals surface area contributed by atoms with Gasteiger partial charge in [0.15, 0.2) is 0 Å². The predicted octanol–water partition coefficient (Wildman–Crippen LogP) is 3.09. The Kier molecular flexibility index (Phi) is 4.35. The Morgan fingerprint density at radius 2 is 1.80 bits per heavy atom. The molecule has 0 bridgehead atoms. The Morgan fingerprint density at radius 3 is 2.27 bits per heavy atom. The van der Waals surface area contributed by atoms with Crippen LogP contribution < -0.4 is 4.90 Å². The fourth-order valence-electron chi connectivity index (χ4n) is 1.74. The van der Waals surface area contributed by atoms with Crippen molar-refractivity contribution in [3.05, 3.63) is 30.3 Å². The summed E-state index contributed by atoms with van der Waals surface area (Å²) in [6.45, 7) is 6.98. The lowest BCUT2D eigenvalue weighted by molar-refractivity contribution is -0.117. The van der Waals surface area contributed by atoms with Crippen LogP contribution in [0.3, 0.4) is 0 Å². The maximum atomic E-state index is 11.5.